The summed E-state index contributed by atoms with van der Waals surface area (Å²) in [7, 11) is 0. The predicted octanol–water partition coefficient (Wildman–Crippen LogP) is 7.21. The Kier molecular flexibility index (Phi) is 5.38. The second-order valence-corrected chi connectivity index (χ2v) is 11.1. The third-order valence-electron chi connectivity index (χ3n) is 9.47. The van der Waals surface area contributed by atoms with Crippen LogP contribution in [-0.2, 0) is 0 Å². The summed E-state index contributed by atoms with van der Waals surface area (Å²) in [5.74, 6) is 2.56. The number of allylic oxidation sites excluding steroid dienone is 4. The first-order valence-electron chi connectivity index (χ1n) is 11.9. The van der Waals surface area contributed by atoms with Crippen molar-refractivity contribution < 1.29 is 5.11 Å². The van der Waals surface area contributed by atoms with Crippen molar-refractivity contribution in [1.29, 1.82) is 0 Å². The first-order valence-corrected chi connectivity index (χ1v) is 11.9. The molecular weight excluding hydrogens is 328 g/mol. The molecule has 0 radical (unpaired) electrons. The van der Waals surface area contributed by atoms with Gasteiger partial charge in [0.25, 0.3) is 0 Å². The minimum absolute atomic E-state index is 0.0317. The molecule has 0 saturated heterocycles. The Hall–Kier alpha value is -0.560. The molecule has 0 aromatic heterocycles. The second-order valence-electron chi connectivity index (χ2n) is 11.1. The standard InChI is InChI=1S/C26H42O/c1-18(2)7-5-6-8-19-10-12-23-22-11-9-20-17-21(27)13-15-26(20,4)24(22)14-16-25(19,23)3/h7,19-21,23,27H,5-6,8-17H2,1-4H3/t19?,20?,21-,23?,25+,26-/m0/s1. The van der Waals surface area contributed by atoms with Crippen LogP contribution < -0.4 is 0 Å². The molecule has 0 heterocycles. The molecule has 4 aliphatic carbocycles. The predicted molar refractivity (Wildman–Crippen MR) is 115 cm³/mol. The van der Waals surface area contributed by atoms with Crippen LogP contribution in [0.15, 0.2) is 22.8 Å². The minimum Gasteiger partial charge on any atom is -0.393 e. The van der Waals surface area contributed by atoms with E-state index >= 15 is 0 Å². The lowest BCUT2D eigenvalue weighted by atomic mass is 9.51. The lowest BCUT2D eigenvalue weighted by molar-refractivity contribution is 0.0155. The smallest absolute Gasteiger partial charge is 0.0543 e. The van der Waals surface area contributed by atoms with Crippen molar-refractivity contribution in [2.45, 2.75) is 111 Å². The molecule has 0 amide bonds. The van der Waals surface area contributed by atoms with E-state index in [4.69, 9.17) is 0 Å². The number of hydrogen-bond acceptors (Lipinski definition) is 1. The fraction of sp³-hybridized carbons (Fsp3) is 0.846. The van der Waals surface area contributed by atoms with Gasteiger partial charge in [0.05, 0.1) is 6.10 Å². The van der Waals surface area contributed by atoms with E-state index in [0.29, 0.717) is 10.8 Å². The second kappa shape index (κ2) is 7.36. The molecule has 152 valence electrons. The van der Waals surface area contributed by atoms with Crippen molar-refractivity contribution in [3.05, 3.63) is 22.8 Å². The minimum atomic E-state index is -0.0317. The lowest BCUT2D eigenvalue weighted by Gasteiger charge is -2.54. The Balaban J connectivity index is 1.51. The van der Waals surface area contributed by atoms with Gasteiger partial charge in [0, 0.05) is 0 Å². The van der Waals surface area contributed by atoms with E-state index in [-0.39, 0.29) is 6.10 Å². The summed E-state index contributed by atoms with van der Waals surface area (Å²) in [6, 6.07) is 0. The molecular formula is C26H42O. The molecule has 3 unspecified atom stereocenters. The zero-order valence-corrected chi connectivity index (χ0v) is 18.3. The molecule has 2 fully saturated rings. The van der Waals surface area contributed by atoms with Crippen molar-refractivity contribution in [3.63, 3.8) is 0 Å². The Bertz CT molecular complexity index is 624. The van der Waals surface area contributed by atoms with Gasteiger partial charge in [-0.2, -0.15) is 0 Å². The monoisotopic (exact) mass is 370 g/mol. The van der Waals surface area contributed by atoms with E-state index in [1.807, 2.05) is 11.1 Å². The average Bonchev–Trinajstić information content (AvgIpc) is 2.96. The molecule has 0 spiro atoms. The number of aliphatic hydroxyl groups excluding tert-OH is 1. The van der Waals surface area contributed by atoms with Crippen LogP contribution in [-0.4, -0.2) is 11.2 Å². The molecule has 27 heavy (non-hydrogen) atoms. The third kappa shape index (κ3) is 3.37. The molecule has 0 aromatic rings. The summed E-state index contributed by atoms with van der Waals surface area (Å²) in [5, 5.41) is 10.2. The maximum atomic E-state index is 10.2. The van der Waals surface area contributed by atoms with Crippen LogP contribution in [0.25, 0.3) is 0 Å². The fourth-order valence-electron chi connectivity index (χ4n) is 7.77. The van der Waals surface area contributed by atoms with Gasteiger partial charge in [-0.15, -0.1) is 0 Å². The zero-order valence-electron chi connectivity index (χ0n) is 18.3. The summed E-state index contributed by atoms with van der Waals surface area (Å²) < 4.78 is 0. The number of fused-ring (bicyclic) bond motifs is 4. The maximum absolute atomic E-state index is 10.2. The van der Waals surface area contributed by atoms with Gasteiger partial charge in [0.1, 0.15) is 0 Å². The van der Waals surface area contributed by atoms with Gasteiger partial charge in [-0.25, -0.2) is 0 Å². The number of unbranched alkanes of at least 4 members (excludes halogenated alkanes) is 1. The van der Waals surface area contributed by atoms with Gasteiger partial charge in [-0.1, -0.05) is 36.6 Å². The molecule has 0 aliphatic heterocycles. The van der Waals surface area contributed by atoms with Crippen molar-refractivity contribution in [1.82, 2.24) is 0 Å². The average molecular weight is 371 g/mol. The summed E-state index contributed by atoms with van der Waals surface area (Å²) >= 11 is 0. The Morgan fingerprint density at radius 1 is 1.07 bits per heavy atom. The van der Waals surface area contributed by atoms with Crippen LogP contribution in [0.4, 0.5) is 0 Å². The van der Waals surface area contributed by atoms with Crippen molar-refractivity contribution in [3.8, 4) is 0 Å². The number of rotatable bonds is 4. The Morgan fingerprint density at radius 3 is 2.67 bits per heavy atom. The van der Waals surface area contributed by atoms with Crippen LogP contribution in [0.3, 0.4) is 0 Å². The molecule has 1 N–H and O–H groups in total. The first kappa shape index (κ1) is 19.7. The summed E-state index contributed by atoms with van der Waals surface area (Å²) in [6.45, 7) is 9.66. The topological polar surface area (TPSA) is 20.2 Å². The van der Waals surface area contributed by atoms with Crippen LogP contribution >= 0.6 is 0 Å². The number of aliphatic hydroxyl groups is 1. The molecule has 1 heteroatoms. The highest BCUT2D eigenvalue weighted by atomic mass is 16.3. The fourth-order valence-corrected chi connectivity index (χ4v) is 7.77. The van der Waals surface area contributed by atoms with Crippen molar-refractivity contribution in [2.24, 2.45) is 28.6 Å². The quantitative estimate of drug-likeness (QED) is 0.409. The summed E-state index contributed by atoms with van der Waals surface area (Å²) in [4.78, 5) is 0. The van der Waals surface area contributed by atoms with Gasteiger partial charge in [-0.05, 0) is 119 Å². The first-order chi connectivity index (χ1) is 12.8. The largest absolute Gasteiger partial charge is 0.393 e. The molecule has 0 bridgehead atoms. The zero-order chi connectivity index (χ0) is 19.2. The van der Waals surface area contributed by atoms with E-state index in [1.54, 1.807) is 0 Å². The lowest BCUT2D eigenvalue weighted by Crippen LogP contribution is -2.45. The molecule has 6 atom stereocenters. The normalized spacial score (nSPS) is 43.7. The molecule has 1 nitrogen and oxygen atoms in total. The van der Waals surface area contributed by atoms with Crippen LogP contribution in [0.5, 0.6) is 0 Å². The van der Waals surface area contributed by atoms with Gasteiger partial charge >= 0.3 is 0 Å². The van der Waals surface area contributed by atoms with Crippen molar-refractivity contribution >= 4 is 0 Å². The highest BCUT2D eigenvalue weighted by Crippen LogP contribution is 2.65. The SMILES string of the molecule is CC(C)=CCCCC1CCC2C3=C(CC[C@]12C)[C@@]1(C)CC[C@H](O)CC1CC3. The number of hydrogen-bond donors (Lipinski definition) is 1. The van der Waals surface area contributed by atoms with Crippen molar-refractivity contribution in [2.75, 3.05) is 0 Å². The molecule has 4 aliphatic rings. The van der Waals surface area contributed by atoms with Gasteiger partial charge < -0.3 is 5.11 Å². The molecule has 2 saturated carbocycles. The molecule has 4 rings (SSSR count). The highest BCUT2D eigenvalue weighted by Gasteiger charge is 2.54. The third-order valence-corrected chi connectivity index (χ3v) is 9.47. The summed E-state index contributed by atoms with van der Waals surface area (Å²) in [6.07, 6.45) is 18.2. The van der Waals surface area contributed by atoms with Gasteiger partial charge in [0.2, 0.25) is 0 Å². The van der Waals surface area contributed by atoms with Gasteiger partial charge in [-0.3, -0.25) is 0 Å². The van der Waals surface area contributed by atoms with Crippen LogP contribution in [0, 0.1) is 28.6 Å². The van der Waals surface area contributed by atoms with E-state index in [2.05, 4.69) is 33.8 Å². The van der Waals surface area contributed by atoms with Gasteiger partial charge in [0.15, 0.2) is 0 Å². The Labute approximate surface area is 167 Å². The Morgan fingerprint density at radius 2 is 1.89 bits per heavy atom. The van der Waals surface area contributed by atoms with E-state index < -0.39 is 0 Å². The maximum Gasteiger partial charge on any atom is 0.0543 e. The van der Waals surface area contributed by atoms with Crippen LogP contribution in [0.1, 0.15) is 105 Å². The highest BCUT2D eigenvalue weighted by molar-refractivity contribution is 5.34. The van der Waals surface area contributed by atoms with Crippen LogP contribution in [0.2, 0.25) is 0 Å². The van der Waals surface area contributed by atoms with E-state index in [9.17, 15) is 5.11 Å². The van der Waals surface area contributed by atoms with E-state index in [0.717, 1.165) is 30.6 Å². The summed E-state index contributed by atoms with van der Waals surface area (Å²) in [5.41, 5.74) is 6.24. The molecule has 0 aromatic carbocycles. The van der Waals surface area contributed by atoms with E-state index in [1.165, 1.54) is 69.8 Å².